The van der Waals surface area contributed by atoms with E-state index in [-0.39, 0.29) is 0 Å². The summed E-state index contributed by atoms with van der Waals surface area (Å²) in [5.74, 6) is 1.11. The fourth-order valence-corrected chi connectivity index (χ4v) is 2.00. The molecule has 4 heteroatoms. The number of nitrogens with one attached hydrogen (secondary N) is 1. The van der Waals surface area contributed by atoms with Gasteiger partial charge in [-0.2, -0.15) is 0 Å². The second kappa shape index (κ2) is 6.48. The summed E-state index contributed by atoms with van der Waals surface area (Å²) in [5, 5.41) is 3.39. The zero-order valence-electron chi connectivity index (χ0n) is 11.9. The Labute approximate surface area is 114 Å². The van der Waals surface area contributed by atoms with E-state index in [9.17, 15) is 0 Å². The average molecular weight is 258 g/mol. The minimum absolute atomic E-state index is 0.467. The normalized spacial score (nSPS) is 11.2. The number of hydrogen-bond acceptors (Lipinski definition) is 3. The number of aromatic nitrogens is 3. The van der Waals surface area contributed by atoms with Crippen LogP contribution >= 0.6 is 0 Å². The molecule has 0 bridgehead atoms. The van der Waals surface area contributed by atoms with Gasteiger partial charge in [-0.05, 0) is 18.6 Å². The topological polar surface area (TPSA) is 42.7 Å². The quantitative estimate of drug-likeness (QED) is 0.866. The first-order valence-electron chi connectivity index (χ1n) is 6.91. The lowest BCUT2D eigenvalue weighted by Crippen LogP contribution is -2.22. The highest BCUT2D eigenvalue weighted by Crippen LogP contribution is 2.12. The van der Waals surface area contributed by atoms with Crippen LogP contribution in [0.1, 0.15) is 38.7 Å². The van der Waals surface area contributed by atoms with E-state index < -0.39 is 0 Å². The van der Waals surface area contributed by atoms with Crippen molar-refractivity contribution >= 4 is 0 Å². The van der Waals surface area contributed by atoms with Gasteiger partial charge in [0.2, 0.25) is 0 Å². The van der Waals surface area contributed by atoms with Crippen molar-refractivity contribution in [3.05, 3.63) is 42.2 Å². The number of rotatable bonds is 6. The third-order valence-corrected chi connectivity index (χ3v) is 2.96. The largest absolute Gasteiger partial charge is 0.309 e. The molecule has 2 rings (SSSR count). The maximum Gasteiger partial charge on any atom is 0.113 e. The lowest BCUT2D eigenvalue weighted by atomic mass is 10.2. The van der Waals surface area contributed by atoms with Crippen LogP contribution in [0.3, 0.4) is 0 Å². The molecular formula is C15H22N4. The molecule has 0 aliphatic rings. The summed E-state index contributed by atoms with van der Waals surface area (Å²) in [5.41, 5.74) is 2.19. The standard InChI is InChI=1S/C15H22N4/c1-4-5-15-17-8-9-19(15)14-6-7-16-13(10-14)11-18-12(2)3/h6-10,12,18H,4-5,11H2,1-3H3. The number of aryl methyl sites for hydroxylation is 1. The molecule has 0 aromatic carbocycles. The second-order valence-corrected chi connectivity index (χ2v) is 5.00. The van der Waals surface area contributed by atoms with Gasteiger partial charge in [-0.15, -0.1) is 0 Å². The molecule has 1 N–H and O–H groups in total. The Bertz CT molecular complexity index is 516. The van der Waals surface area contributed by atoms with Gasteiger partial charge >= 0.3 is 0 Å². The fourth-order valence-electron chi connectivity index (χ4n) is 2.00. The van der Waals surface area contributed by atoms with Crippen molar-refractivity contribution in [3.63, 3.8) is 0 Å². The van der Waals surface area contributed by atoms with Gasteiger partial charge in [-0.25, -0.2) is 4.98 Å². The summed E-state index contributed by atoms with van der Waals surface area (Å²) < 4.78 is 2.14. The smallest absolute Gasteiger partial charge is 0.113 e. The summed E-state index contributed by atoms with van der Waals surface area (Å²) in [6.07, 6.45) is 7.83. The summed E-state index contributed by atoms with van der Waals surface area (Å²) in [7, 11) is 0. The number of imidazole rings is 1. The molecule has 0 aliphatic heterocycles. The van der Waals surface area contributed by atoms with Crippen LogP contribution in [0.15, 0.2) is 30.7 Å². The zero-order valence-corrected chi connectivity index (χ0v) is 11.9. The van der Waals surface area contributed by atoms with Crippen molar-refractivity contribution in [1.29, 1.82) is 0 Å². The first-order valence-corrected chi connectivity index (χ1v) is 6.91. The first kappa shape index (κ1) is 13.7. The van der Waals surface area contributed by atoms with Crippen LogP contribution in [0, 0.1) is 0 Å². The summed E-state index contributed by atoms with van der Waals surface area (Å²) in [6.45, 7) is 7.24. The van der Waals surface area contributed by atoms with Gasteiger partial charge in [0, 0.05) is 37.6 Å². The van der Waals surface area contributed by atoms with Crippen molar-refractivity contribution < 1.29 is 0 Å². The second-order valence-electron chi connectivity index (χ2n) is 5.00. The van der Waals surface area contributed by atoms with E-state index in [1.54, 1.807) is 0 Å². The minimum atomic E-state index is 0.467. The van der Waals surface area contributed by atoms with Crippen LogP contribution in [-0.2, 0) is 13.0 Å². The molecule has 0 amide bonds. The predicted molar refractivity (Wildman–Crippen MR) is 77.3 cm³/mol. The minimum Gasteiger partial charge on any atom is -0.309 e. The third-order valence-electron chi connectivity index (χ3n) is 2.96. The van der Waals surface area contributed by atoms with Crippen molar-refractivity contribution in [2.24, 2.45) is 0 Å². The Morgan fingerprint density at radius 1 is 1.26 bits per heavy atom. The molecule has 19 heavy (non-hydrogen) atoms. The highest BCUT2D eigenvalue weighted by molar-refractivity contribution is 5.33. The highest BCUT2D eigenvalue weighted by Gasteiger charge is 2.05. The molecule has 0 saturated heterocycles. The Hall–Kier alpha value is -1.68. The van der Waals surface area contributed by atoms with Crippen molar-refractivity contribution in [3.8, 4) is 5.69 Å². The summed E-state index contributed by atoms with van der Waals surface area (Å²) in [4.78, 5) is 8.81. The van der Waals surface area contributed by atoms with Crippen molar-refractivity contribution in [2.75, 3.05) is 0 Å². The molecule has 0 saturated carbocycles. The molecule has 0 spiro atoms. The Morgan fingerprint density at radius 2 is 2.11 bits per heavy atom. The Balaban J connectivity index is 2.20. The Kier molecular flexibility index (Phi) is 4.68. The first-order chi connectivity index (χ1) is 9.20. The van der Waals surface area contributed by atoms with Gasteiger partial charge < -0.3 is 9.88 Å². The number of nitrogens with zero attached hydrogens (tertiary/aromatic N) is 3. The molecule has 102 valence electrons. The SMILES string of the molecule is CCCc1nccn1-c1ccnc(CNC(C)C)c1. The average Bonchev–Trinajstić information content (AvgIpc) is 2.85. The van der Waals surface area contributed by atoms with E-state index in [1.165, 1.54) is 0 Å². The van der Waals surface area contributed by atoms with Gasteiger partial charge in [0.1, 0.15) is 5.82 Å². The van der Waals surface area contributed by atoms with Crippen LogP contribution < -0.4 is 5.32 Å². The predicted octanol–water partition coefficient (Wildman–Crippen LogP) is 2.72. The van der Waals surface area contributed by atoms with E-state index in [4.69, 9.17) is 0 Å². The maximum atomic E-state index is 4.41. The van der Waals surface area contributed by atoms with Crippen LogP contribution in [0.25, 0.3) is 5.69 Å². The van der Waals surface area contributed by atoms with Crippen molar-refractivity contribution in [1.82, 2.24) is 19.9 Å². The highest BCUT2D eigenvalue weighted by atomic mass is 15.1. The van der Waals surface area contributed by atoms with E-state index in [0.29, 0.717) is 6.04 Å². The molecule has 2 aromatic heterocycles. The van der Waals surface area contributed by atoms with Gasteiger partial charge in [0.15, 0.2) is 0 Å². The molecule has 0 fully saturated rings. The number of hydrogen-bond donors (Lipinski definition) is 1. The molecule has 2 aromatic rings. The van der Waals surface area contributed by atoms with Crippen LogP contribution in [0.5, 0.6) is 0 Å². The third kappa shape index (κ3) is 3.64. The lowest BCUT2D eigenvalue weighted by Gasteiger charge is -2.10. The summed E-state index contributed by atoms with van der Waals surface area (Å²) >= 11 is 0. The van der Waals surface area contributed by atoms with Crippen LogP contribution in [0.2, 0.25) is 0 Å². The molecule has 4 nitrogen and oxygen atoms in total. The van der Waals surface area contributed by atoms with Crippen LogP contribution in [0.4, 0.5) is 0 Å². The van der Waals surface area contributed by atoms with Gasteiger partial charge in [0.05, 0.1) is 11.4 Å². The van der Waals surface area contributed by atoms with Gasteiger partial charge in [0.25, 0.3) is 0 Å². The lowest BCUT2D eigenvalue weighted by molar-refractivity contribution is 0.581. The van der Waals surface area contributed by atoms with Crippen molar-refractivity contribution in [2.45, 2.75) is 46.2 Å². The van der Waals surface area contributed by atoms with Gasteiger partial charge in [-0.3, -0.25) is 4.98 Å². The van der Waals surface area contributed by atoms with Crippen LogP contribution in [-0.4, -0.2) is 20.6 Å². The summed E-state index contributed by atoms with van der Waals surface area (Å²) in [6, 6.07) is 4.62. The van der Waals surface area contributed by atoms with E-state index in [1.807, 2.05) is 24.7 Å². The monoisotopic (exact) mass is 258 g/mol. The van der Waals surface area contributed by atoms with E-state index in [2.05, 4.69) is 46.7 Å². The zero-order chi connectivity index (χ0) is 13.7. The van der Waals surface area contributed by atoms with E-state index in [0.717, 1.165) is 36.6 Å². The van der Waals surface area contributed by atoms with Gasteiger partial charge in [-0.1, -0.05) is 20.8 Å². The molecule has 0 aliphatic carbocycles. The fraction of sp³-hybridized carbons (Fsp3) is 0.467. The molecule has 0 atom stereocenters. The Morgan fingerprint density at radius 3 is 2.84 bits per heavy atom. The molecule has 0 radical (unpaired) electrons. The molecular weight excluding hydrogens is 236 g/mol. The van der Waals surface area contributed by atoms with E-state index >= 15 is 0 Å². The number of pyridine rings is 1. The molecule has 2 heterocycles. The maximum absolute atomic E-state index is 4.41. The molecule has 0 unspecified atom stereocenters.